The molecule has 0 aromatic carbocycles. The molecule has 0 aliphatic carbocycles. The van der Waals surface area contributed by atoms with Gasteiger partial charge < -0.3 is 5.32 Å². The standard InChI is InChI=1S/C8H10N4OS/c1-4-3-10-7(14-4)5-6(13)12-8(9-2)11-5/h3,5H,1-2H3,(H2,9,11,12,13). The molecule has 1 amide bonds. The molecule has 1 aliphatic rings. The van der Waals surface area contributed by atoms with Gasteiger partial charge in [0.1, 0.15) is 5.01 Å². The van der Waals surface area contributed by atoms with Gasteiger partial charge in [-0.25, -0.2) is 4.98 Å². The Morgan fingerprint density at radius 2 is 2.43 bits per heavy atom. The van der Waals surface area contributed by atoms with Gasteiger partial charge in [0, 0.05) is 18.1 Å². The molecule has 1 unspecified atom stereocenters. The number of carbonyl (C=O) groups excluding carboxylic acids is 1. The zero-order valence-electron chi connectivity index (χ0n) is 7.87. The number of thiazole rings is 1. The summed E-state index contributed by atoms with van der Waals surface area (Å²) in [5.74, 6) is 0.410. The Bertz CT molecular complexity index is 398. The largest absolute Gasteiger partial charge is 0.339 e. The third kappa shape index (κ3) is 1.48. The van der Waals surface area contributed by atoms with Crippen molar-refractivity contribution < 1.29 is 4.79 Å². The van der Waals surface area contributed by atoms with E-state index in [1.807, 2.05) is 6.92 Å². The highest BCUT2D eigenvalue weighted by molar-refractivity contribution is 7.11. The minimum absolute atomic E-state index is 0.0973. The number of aliphatic imine (C=N–C) groups is 1. The minimum Gasteiger partial charge on any atom is -0.339 e. The maximum Gasteiger partial charge on any atom is 0.256 e. The van der Waals surface area contributed by atoms with Crippen molar-refractivity contribution in [2.45, 2.75) is 13.0 Å². The summed E-state index contributed by atoms with van der Waals surface area (Å²) in [6.45, 7) is 1.96. The number of amides is 1. The van der Waals surface area contributed by atoms with Crippen molar-refractivity contribution in [1.29, 1.82) is 0 Å². The molecule has 2 rings (SSSR count). The van der Waals surface area contributed by atoms with E-state index in [1.54, 1.807) is 13.2 Å². The topological polar surface area (TPSA) is 66.4 Å². The Kier molecular flexibility index (Phi) is 2.20. The predicted octanol–water partition coefficient (Wildman–Crippen LogP) is 0.198. The lowest BCUT2D eigenvalue weighted by atomic mass is 10.3. The van der Waals surface area contributed by atoms with Gasteiger partial charge in [-0.15, -0.1) is 11.3 Å². The van der Waals surface area contributed by atoms with Crippen LogP contribution >= 0.6 is 11.3 Å². The molecule has 0 radical (unpaired) electrons. The number of guanidine groups is 1. The molecule has 1 aliphatic heterocycles. The Morgan fingerprint density at radius 3 is 2.93 bits per heavy atom. The average molecular weight is 210 g/mol. The second-order valence-corrected chi connectivity index (χ2v) is 4.21. The van der Waals surface area contributed by atoms with Crippen LogP contribution in [0.3, 0.4) is 0 Å². The predicted molar refractivity (Wildman–Crippen MR) is 54.2 cm³/mol. The maximum atomic E-state index is 11.5. The van der Waals surface area contributed by atoms with Crippen molar-refractivity contribution in [3.05, 3.63) is 16.1 Å². The zero-order valence-corrected chi connectivity index (χ0v) is 8.68. The van der Waals surface area contributed by atoms with Crippen LogP contribution in [0, 0.1) is 6.92 Å². The number of nitrogens with zero attached hydrogens (tertiary/aromatic N) is 2. The summed E-state index contributed by atoms with van der Waals surface area (Å²) >= 11 is 1.51. The lowest BCUT2D eigenvalue weighted by Gasteiger charge is -2.01. The van der Waals surface area contributed by atoms with E-state index in [-0.39, 0.29) is 11.9 Å². The van der Waals surface area contributed by atoms with E-state index in [2.05, 4.69) is 20.6 Å². The van der Waals surface area contributed by atoms with Crippen LogP contribution in [0.1, 0.15) is 15.9 Å². The van der Waals surface area contributed by atoms with Crippen LogP contribution in [0.2, 0.25) is 0 Å². The average Bonchev–Trinajstić information content (AvgIpc) is 2.71. The maximum absolute atomic E-state index is 11.5. The molecule has 1 atom stereocenters. The van der Waals surface area contributed by atoms with Crippen LogP contribution in [0.25, 0.3) is 0 Å². The zero-order chi connectivity index (χ0) is 10.1. The normalized spacial score (nSPS) is 23.7. The Labute approximate surface area is 85.3 Å². The first-order chi connectivity index (χ1) is 6.70. The van der Waals surface area contributed by atoms with Crippen molar-refractivity contribution in [3.63, 3.8) is 0 Å². The monoisotopic (exact) mass is 210 g/mol. The highest BCUT2D eigenvalue weighted by Gasteiger charge is 2.31. The van der Waals surface area contributed by atoms with E-state index >= 15 is 0 Å². The fraction of sp³-hybridized carbons (Fsp3) is 0.375. The summed E-state index contributed by atoms with van der Waals surface area (Å²) in [4.78, 5) is 20.6. The molecule has 2 heterocycles. The van der Waals surface area contributed by atoms with Gasteiger partial charge >= 0.3 is 0 Å². The Hall–Kier alpha value is -1.43. The van der Waals surface area contributed by atoms with Gasteiger partial charge in [0.2, 0.25) is 0 Å². The first-order valence-electron chi connectivity index (χ1n) is 4.17. The van der Waals surface area contributed by atoms with Crippen molar-refractivity contribution in [2.75, 3.05) is 7.05 Å². The summed E-state index contributed by atoms with van der Waals surface area (Å²) in [7, 11) is 1.62. The van der Waals surface area contributed by atoms with Gasteiger partial charge in [-0.1, -0.05) is 0 Å². The third-order valence-corrected chi connectivity index (χ3v) is 2.87. The minimum atomic E-state index is -0.382. The van der Waals surface area contributed by atoms with Gasteiger partial charge in [0.25, 0.3) is 5.91 Å². The molecule has 1 fully saturated rings. The summed E-state index contributed by atoms with van der Waals surface area (Å²) in [6, 6.07) is -0.382. The fourth-order valence-corrected chi connectivity index (χ4v) is 2.05. The van der Waals surface area contributed by atoms with E-state index < -0.39 is 0 Å². The van der Waals surface area contributed by atoms with Crippen molar-refractivity contribution in [3.8, 4) is 0 Å². The quantitative estimate of drug-likeness (QED) is 0.695. The lowest BCUT2D eigenvalue weighted by Crippen LogP contribution is -2.24. The van der Waals surface area contributed by atoms with E-state index in [0.717, 1.165) is 9.88 Å². The molecule has 0 saturated carbocycles. The molecule has 74 valence electrons. The molecule has 5 nitrogen and oxygen atoms in total. The van der Waals surface area contributed by atoms with Gasteiger partial charge in [0.15, 0.2) is 12.0 Å². The van der Waals surface area contributed by atoms with Gasteiger partial charge in [-0.05, 0) is 6.92 Å². The van der Waals surface area contributed by atoms with E-state index in [4.69, 9.17) is 0 Å². The van der Waals surface area contributed by atoms with Crippen LogP contribution in [0.4, 0.5) is 0 Å². The highest BCUT2D eigenvalue weighted by atomic mass is 32.1. The van der Waals surface area contributed by atoms with Gasteiger partial charge in [-0.3, -0.25) is 15.1 Å². The number of rotatable bonds is 1. The Morgan fingerprint density at radius 1 is 1.64 bits per heavy atom. The molecule has 1 saturated heterocycles. The van der Waals surface area contributed by atoms with E-state index in [0.29, 0.717) is 5.96 Å². The van der Waals surface area contributed by atoms with Crippen LogP contribution in [0.15, 0.2) is 11.2 Å². The number of hydrogen-bond donors (Lipinski definition) is 2. The smallest absolute Gasteiger partial charge is 0.256 e. The fourth-order valence-electron chi connectivity index (χ4n) is 1.23. The molecule has 2 N–H and O–H groups in total. The molecule has 0 spiro atoms. The van der Waals surface area contributed by atoms with Crippen LogP contribution in [-0.4, -0.2) is 23.9 Å². The molecule has 1 aromatic rings. The number of aromatic nitrogens is 1. The van der Waals surface area contributed by atoms with E-state index in [1.165, 1.54) is 11.3 Å². The van der Waals surface area contributed by atoms with Crippen molar-refractivity contribution >= 4 is 23.2 Å². The molecular weight excluding hydrogens is 200 g/mol. The second-order valence-electron chi connectivity index (χ2n) is 2.95. The van der Waals surface area contributed by atoms with Crippen LogP contribution < -0.4 is 10.6 Å². The van der Waals surface area contributed by atoms with Crippen molar-refractivity contribution in [1.82, 2.24) is 15.6 Å². The molecular formula is C8H10N4OS. The SMILES string of the molecule is CN=C1NC(=O)C(c2ncc(C)s2)N1. The lowest BCUT2D eigenvalue weighted by molar-refractivity contribution is -0.120. The number of hydrogen-bond acceptors (Lipinski definition) is 4. The highest BCUT2D eigenvalue weighted by Crippen LogP contribution is 2.21. The number of aryl methyl sites for hydroxylation is 1. The first-order valence-corrected chi connectivity index (χ1v) is 4.99. The van der Waals surface area contributed by atoms with Crippen LogP contribution in [0.5, 0.6) is 0 Å². The van der Waals surface area contributed by atoms with Crippen molar-refractivity contribution in [2.24, 2.45) is 4.99 Å². The van der Waals surface area contributed by atoms with Gasteiger partial charge in [0.05, 0.1) is 0 Å². The van der Waals surface area contributed by atoms with Crippen LogP contribution in [-0.2, 0) is 4.79 Å². The molecule has 6 heteroatoms. The summed E-state index contributed by atoms with van der Waals surface area (Å²) < 4.78 is 0. The Balaban J connectivity index is 2.24. The number of carbonyl (C=O) groups is 1. The molecule has 14 heavy (non-hydrogen) atoms. The summed E-state index contributed by atoms with van der Waals surface area (Å²) in [5, 5.41) is 6.36. The third-order valence-electron chi connectivity index (χ3n) is 1.89. The first kappa shape index (κ1) is 9.14. The number of nitrogens with one attached hydrogen (secondary N) is 2. The van der Waals surface area contributed by atoms with E-state index in [9.17, 15) is 4.79 Å². The van der Waals surface area contributed by atoms with Gasteiger partial charge in [-0.2, -0.15) is 0 Å². The second kappa shape index (κ2) is 3.38. The summed E-state index contributed by atoms with van der Waals surface area (Å²) in [6.07, 6.45) is 1.76. The molecule has 0 bridgehead atoms. The summed E-state index contributed by atoms with van der Waals surface area (Å²) in [5.41, 5.74) is 0. The molecule has 1 aromatic heterocycles.